The van der Waals surface area contributed by atoms with Crippen LogP contribution in [0.15, 0.2) is 18.3 Å². The fraction of sp³-hybridized carbons (Fsp3) is 0.250. The van der Waals surface area contributed by atoms with Crippen molar-refractivity contribution in [2.24, 2.45) is 5.84 Å². The number of nitrogens with zero attached hydrogens (tertiary/aromatic N) is 1. The van der Waals surface area contributed by atoms with E-state index in [1.54, 1.807) is 12.3 Å². The fourth-order valence-corrected chi connectivity index (χ4v) is 0.997. The summed E-state index contributed by atoms with van der Waals surface area (Å²) in [6.45, 7) is 1.96. The topological polar surface area (TPSA) is 68.0 Å². The van der Waals surface area contributed by atoms with Crippen LogP contribution < -0.4 is 11.3 Å². The summed E-state index contributed by atoms with van der Waals surface area (Å²) in [5, 5.41) is 0. The molecule has 0 radical (unpaired) electrons. The Morgan fingerprint density at radius 2 is 2.50 bits per heavy atom. The van der Waals surface area contributed by atoms with Crippen molar-refractivity contribution in [1.29, 1.82) is 0 Å². The second kappa shape index (κ2) is 3.82. The van der Waals surface area contributed by atoms with Gasteiger partial charge in [0.25, 0.3) is 5.91 Å². The number of rotatable bonds is 2. The smallest absolute Gasteiger partial charge is 0.284 e. The van der Waals surface area contributed by atoms with Gasteiger partial charge in [0.15, 0.2) is 0 Å². The molecule has 12 heavy (non-hydrogen) atoms. The lowest BCUT2D eigenvalue weighted by Crippen LogP contribution is -2.31. The summed E-state index contributed by atoms with van der Waals surface area (Å²) in [6.07, 6.45) is 2.35. The maximum atomic E-state index is 11.1. The Balaban J connectivity index is 3.04. The largest absolute Gasteiger partial charge is 0.289 e. The van der Waals surface area contributed by atoms with Gasteiger partial charge in [0.2, 0.25) is 0 Å². The van der Waals surface area contributed by atoms with Gasteiger partial charge in [-0.05, 0) is 18.1 Å². The molecule has 1 heterocycles. The number of hydrazine groups is 1. The number of nitrogens with one attached hydrogen (secondary N) is 1. The van der Waals surface area contributed by atoms with Crippen molar-refractivity contribution in [3.8, 4) is 0 Å². The van der Waals surface area contributed by atoms with E-state index >= 15 is 0 Å². The van der Waals surface area contributed by atoms with Gasteiger partial charge in [-0.3, -0.25) is 15.2 Å². The second-order valence-electron chi connectivity index (χ2n) is 2.34. The van der Waals surface area contributed by atoms with Gasteiger partial charge in [-0.25, -0.2) is 5.84 Å². The predicted octanol–water partition coefficient (Wildman–Crippen LogP) is 0.247. The lowest BCUT2D eigenvalue weighted by Gasteiger charge is -2.03. The van der Waals surface area contributed by atoms with Crippen molar-refractivity contribution in [2.45, 2.75) is 13.3 Å². The van der Waals surface area contributed by atoms with Crippen LogP contribution >= 0.6 is 0 Å². The van der Waals surface area contributed by atoms with Crippen LogP contribution in [0.3, 0.4) is 0 Å². The van der Waals surface area contributed by atoms with Crippen molar-refractivity contribution < 1.29 is 4.79 Å². The van der Waals surface area contributed by atoms with Gasteiger partial charge in [-0.2, -0.15) is 0 Å². The van der Waals surface area contributed by atoms with Crippen LogP contribution in [-0.4, -0.2) is 10.9 Å². The molecule has 1 aromatic rings. The SMILES string of the molecule is CCc1cccnc1C(=O)NN. The molecule has 0 spiro atoms. The normalized spacial score (nSPS) is 9.50. The standard InChI is InChI=1S/C8H11N3O/c1-2-6-4-3-5-10-7(6)8(12)11-9/h3-5H,2,9H2,1H3,(H,11,12). The third kappa shape index (κ3) is 1.60. The Morgan fingerprint density at radius 1 is 1.75 bits per heavy atom. The Labute approximate surface area is 70.8 Å². The van der Waals surface area contributed by atoms with Crippen LogP contribution in [0.1, 0.15) is 23.0 Å². The summed E-state index contributed by atoms with van der Waals surface area (Å²) in [7, 11) is 0. The zero-order valence-electron chi connectivity index (χ0n) is 6.87. The molecule has 0 fully saturated rings. The van der Waals surface area contributed by atoms with E-state index in [1.165, 1.54) is 0 Å². The molecule has 4 heteroatoms. The highest BCUT2D eigenvalue weighted by molar-refractivity contribution is 5.93. The van der Waals surface area contributed by atoms with Crippen molar-refractivity contribution in [3.63, 3.8) is 0 Å². The van der Waals surface area contributed by atoms with Crippen LogP contribution in [0, 0.1) is 0 Å². The molecule has 0 atom stereocenters. The molecule has 0 aliphatic heterocycles. The second-order valence-corrected chi connectivity index (χ2v) is 2.34. The third-order valence-electron chi connectivity index (χ3n) is 1.62. The molecule has 0 aliphatic rings. The highest BCUT2D eigenvalue weighted by atomic mass is 16.2. The minimum atomic E-state index is -0.340. The van der Waals surface area contributed by atoms with Gasteiger partial charge in [-0.1, -0.05) is 13.0 Å². The van der Waals surface area contributed by atoms with E-state index in [9.17, 15) is 4.79 Å². The average molecular weight is 165 g/mol. The summed E-state index contributed by atoms with van der Waals surface area (Å²) in [5.41, 5.74) is 3.36. The summed E-state index contributed by atoms with van der Waals surface area (Å²) >= 11 is 0. The first-order chi connectivity index (χ1) is 5.79. The molecule has 4 nitrogen and oxygen atoms in total. The average Bonchev–Trinajstić information content (AvgIpc) is 2.16. The quantitative estimate of drug-likeness (QED) is 0.375. The number of amides is 1. The van der Waals surface area contributed by atoms with Gasteiger partial charge >= 0.3 is 0 Å². The molecule has 1 amide bonds. The summed E-state index contributed by atoms with van der Waals surface area (Å²) in [5.74, 6) is 4.65. The monoisotopic (exact) mass is 165 g/mol. The number of nitrogen functional groups attached to an aromatic ring is 1. The van der Waals surface area contributed by atoms with Crippen molar-refractivity contribution >= 4 is 5.91 Å². The van der Waals surface area contributed by atoms with E-state index in [1.807, 2.05) is 13.0 Å². The van der Waals surface area contributed by atoms with E-state index < -0.39 is 0 Å². The van der Waals surface area contributed by atoms with Crippen LogP contribution in [0.5, 0.6) is 0 Å². The summed E-state index contributed by atoms with van der Waals surface area (Å²) < 4.78 is 0. The summed E-state index contributed by atoms with van der Waals surface area (Å²) in [4.78, 5) is 15.0. The molecule has 0 unspecified atom stereocenters. The van der Waals surface area contributed by atoms with Crippen LogP contribution in [0.2, 0.25) is 0 Å². The molecular formula is C8H11N3O. The highest BCUT2D eigenvalue weighted by Crippen LogP contribution is 2.04. The van der Waals surface area contributed by atoms with Crippen molar-refractivity contribution in [1.82, 2.24) is 10.4 Å². The van der Waals surface area contributed by atoms with Crippen LogP contribution in [0.4, 0.5) is 0 Å². The maximum Gasteiger partial charge on any atom is 0.284 e. The van der Waals surface area contributed by atoms with Gasteiger partial charge in [0.1, 0.15) is 5.69 Å². The third-order valence-corrected chi connectivity index (χ3v) is 1.62. The van der Waals surface area contributed by atoms with Crippen LogP contribution in [-0.2, 0) is 6.42 Å². The lowest BCUT2D eigenvalue weighted by atomic mass is 10.1. The van der Waals surface area contributed by atoms with Gasteiger partial charge in [-0.15, -0.1) is 0 Å². The lowest BCUT2D eigenvalue weighted by molar-refractivity contribution is 0.0947. The maximum absolute atomic E-state index is 11.1. The number of pyridine rings is 1. The predicted molar refractivity (Wildman–Crippen MR) is 45.3 cm³/mol. The summed E-state index contributed by atoms with van der Waals surface area (Å²) in [6, 6.07) is 3.66. The van der Waals surface area contributed by atoms with Gasteiger partial charge in [0, 0.05) is 6.20 Å². The first-order valence-electron chi connectivity index (χ1n) is 3.74. The zero-order valence-corrected chi connectivity index (χ0v) is 6.87. The first-order valence-corrected chi connectivity index (χ1v) is 3.74. The fourth-order valence-electron chi connectivity index (χ4n) is 0.997. The number of carbonyl (C=O) groups is 1. The Kier molecular flexibility index (Phi) is 2.76. The molecule has 1 aromatic heterocycles. The van der Waals surface area contributed by atoms with E-state index in [0.717, 1.165) is 12.0 Å². The number of hydrogen-bond donors (Lipinski definition) is 2. The Hall–Kier alpha value is -1.42. The number of carbonyl (C=O) groups excluding carboxylic acids is 1. The molecule has 3 N–H and O–H groups in total. The van der Waals surface area contributed by atoms with Crippen LogP contribution in [0.25, 0.3) is 0 Å². The minimum Gasteiger partial charge on any atom is -0.289 e. The van der Waals surface area contributed by atoms with E-state index in [-0.39, 0.29) is 5.91 Å². The minimum absolute atomic E-state index is 0.340. The van der Waals surface area contributed by atoms with Gasteiger partial charge < -0.3 is 0 Å². The molecule has 0 aliphatic carbocycles. The van der Waals surface area contributed by atoms with E-state index in [2.05, 4.69) is 10.4 Å². The zero-order chi connectivity index (χ0) is 8.97. The number of aromatic nitrogens is 1. The molecule has 1 rings (SSSR count). The van der Waals surface area contributed by atoms with E-state index in [0.29, 0.717) is 5.69 Å². The number of hydrogen-bond acceptors (Lipinski definition) is 3. The van der Waals surface area contributed by atoms with Gasteiger partial charge in [0.05, 0.1) is 0 Å². The Morgan fingerprint density at radius 3 is 3.08 bits per heavy atom. The van der Waals surface area contributed by atoms with Crippen molar-refractivity contribution in [2.75, 3.05) is 0 Å². The highest BCUT2D eigenvalue weighted by Gasteiger charge is 2.08. The number of nitrogens with two attached hydrogens (primary N) is 1. The molecule has 0 saturated heterocycles. The number of aryl methyl sites for hydroxylation is 1. The molecule has 0 saturated carbocycles. The first kappa shape index (κ1) is 8.67. The van der Waals surface area contributed by atoms with Crippen molar-refractivity contribution in [3.05, 3.63) is 29.6 Å². The molecule has 0 aromatic carbocycles. The molecule has 0 bridgehead atoms. The molecular weight excluding hydrogens is 154 g/mol. The van der Waals surface area contributed by atoms with E-state index in [4.69, 9.17) is 5.84 Å². The molecule has 64 valence electrons. The Bertz CT molecular complexity index is 285.